The highest BCUT2D eigenvalue weighted by Crippen LogP contribution is 2.28. The van der Waals surface area contributed by atoms with Gasteiger partial charge in [0, 0.05) is 32.0 Å². The van der Waals surface area contributed by atoms with Gasteiger partial charge in [-0.3, -0.25) is 9.69 Å². The smallest absolute Gasteiger partial charge is 0.161 e. The summed E-state index contributed by atoms with van der Waals surface area (Å²) < 4.78 is 10.5. The van der Waals surface area contributed by atoms with Crippen molar-refractivity contribution >= 4 is 5.78 Å². The minimum atomic E-state index is 0.147. The summed E-state index contributed by atoms with van der Waals surface area (Å²) in [5.41, 5.74) is 1.18. The highest BCUT2D eigenvalue weighted by Gasteiger charge is 2.23. The minimum absolute atomic E-state index is 0.147. The van der Waals surface area contributed by atoms with Gasteiger partial charge >= 0.3 is 0 Å². The second kappa shape index (κ2) is 6.06. The molecular formula is C15H21NO3. The van der Waals surface area contributed by atoms with E-state index in [2.05, 4.69) is 4.90 Å². The third-order valence-electron chi connectivity index (χ3n) is 3.61. The van der Waals surface area contributed by atoms with Gasteiger partial charge in [-0.05, 0) is 17.7 Å². The average molecular weight is 263 g/mol. The zero-order valence-corrected chi connectivity index (χ0v) is 11.8. The quantitative estimate of drug-likeness (QED) is 0.834. The zero-order valence-electron chi connectivity index (χ0n) is 11.8. The average Bonchev–Trinajstić information content (AvgIpc) is 2.43. The lowest BCUT2D eigenvalue weighted by Gasteiger charge is -2.30. The standard InChI is InChI=1S/C15H21NO3/c1-11-9-16(7-6-13(11)17)10-12-4-5-14(18-2)15(8-12)19-3/h4-5,8,11H,6-7,9-10H2,1-3H3. The number of hydrogen-bond donors (Lipinski definition) is 0. The Balaban J connectivity index is 2.05. The van der Waals surface area contributed by atoms with Gasteiger partial charge in [-0.25, -0.2) is 0 Å². The molecule has 19 heavy (non-hydrogen) atoms. The van der Waals surface area contributed by atoms with E-state index in [9.17, 15) is 4.79 Å². The monoisotopic (exact) mass is 263 g/mol. The lowest BCUT2D eigenvalue weighted by molar-refractivity contribution is -0.125. The van der Waals surface area contributed by atoms with Gasteiger partial charge in [0.05, 0.1) is 14.2 Å². The van der Waals surface area contributed by atoms with Crippen molar-refractivity contribution in [3.63, 3.8) is 0 Å². The summed E-state index contributed by atoms with van der Waals surface area (Å²) in [6, 6.07) is 5.97. The van der Waals surface area contributed by atoms with Gasteiger partial charge in [0.2, 0.25) is 0 Å². The molecule has 1 atom stereocenters. The van der Waals surface area contributed by atoms with Gasteiger partial charge in [0.15, 0.2) is 11.5 Å². The molecule has 0 bridgehead atoms. The number of carbonyl (C=O) groups excluding carboxylic acids is 1. The fourth-order valence-corrected chi connectivity index (χ4v) is 2.48. The topological polar surface area (TPSA) is 38.8 Å². The van der Waals surface area contributed by atoms with Crippen molar-refractivity contribution in [1.82, 2.24) is 4.90 Å². The molecule has 1 saturated heterocycles. The van der Waals surface area contributed by atoms with Crippen LogP contribution in [0.2, 0.25) is 0 Å². The van der Waals surface area contributed by atoms with Crippen molar-refractivity contribution in [2.45, 2.75) is 19.9 Å². The maximum Gasteiger partial charge on any atom is 0.161 e. The van der Waals surface area contributed by atoms with Crippen LogP contribution in [0.3, 0.4) is 0 Å². The van der Waals surface area contributed by atoms with Crippen molar-refractivity contribution < 1.29 is 14.3 Å². The van der Waals surface area contributed by atoms with Crippen LogP contribution in [0.25, 0.3) is 0 Å². The first-order chi connectivity index (χ1) is 9.13. The van der Waals surface area contributed by atoms with E-state index in [1.165, 1.54) is 5.56 Å². The lowest BCUT2D eigenvalue weighted by atomic mass is 9.98. The molecule has 0 amide bonds. The number of Topliss-reactive ketones (excluding diaryl/α,β-unsaturated/α-hetero) is 1. The minimum Gasteiger partial charge on any atom is -0.493 e. The molecule has 0 radical (unpaired) electrons. The summed E-state index contributed by atoms with van der Waals surface area (Å²) in [5.74, 6) is 2.02. The number of methoxy groups -OCH3 is 2. The van der Waals surface area contributed by atoms with Crippen LogP contribution in [0.5, 0.6) is 11.5 Å². The second-order valence-electron chi connectivity index (χ2n) is 5.04. The molecule has 1 aromatic carbocycles. The van der Waals surface area contributed by atoms with Crippen LogP contribution in [-0.4, -0.2) is 38.0 Å². The van der Waals surface area contributed by atoms with E-state index in [0.29, 0.717) is 12.2 Å². The van der Waals surface area contributed by atoms with E-state index in [1.807, 2.05) is 25.1 Å². The normalized spacial score (nSPS) is 20.4. The summed E-state index contributed by atoms with van der Waals surface area (Å²) in [5, 5.41) is 0. The number of benzene rings is 1. The van der Waals surface area contributed by atoms with Crippen molar-refractivity contribution in [3.8, 4) is 11.5 Å². The van der Waals surface area contributed by atoms with Crippen molar-refractivity contribution in [2.24, 2.45) is 5.92 Å². The molecule has 0 N–H and O–H groups in total. The Bertz CT molecular complexity index is 459. The van der Waals surface area contributed by atoms with Crippen molar-refractivity contribution in [2.75, 3.05) is 27.3 Å². The Labute approximate surface area is 114 Å². The molecule has 1 aromatic rings. The van der Waals surface area contributed by atoms with Gasteiger partial charge in [-0.1, -0.05) is 13.0 Å². The molecule has 0 aromatic heterocycles. The lowest BCUT2D eigenvalue weighted by Crippen LogP contribution is -2.38. The van der Waals surface area contributed by atoms with E-state index < -0.39 is 0 Å². The van der Waals surface area contributed by atoms with Crippen LogP contribution >= 0.6 is 0 Å². The molecule has 4 nitrogen and oxygen atoms in total. The molecule has 4 heteroatoms. The van der Waals surface area contributed by atoms with Gasteiger partial charge in [-0.15, -0.1) is 0 Å². The summed E-state index contributed by atoms with van der Waals surface area (Å²) in [6.07, 6.45) is 0.661. The van der Waals surface area contributed by atoms with Crippen molar-refractivity contribution in [1.29, 1.82) is 0 Å². The molecule has 1 heterocycles. The number of ether oxygens (including phenoxy) is 2. The highest BCUT2D eigenvalue weighted by atomic mass is 16.5. The summed E-state index contributed by atoms with van der Waals surface area (Å²) >= 11 is 0. The maximum atomic E-state index is 11.5. The number of piperidine rings is 1. The van der Waals surface area contributed by atoms with Crippen LogP contribution < -0.4 is 9.47 Å². The van der Waals surface area contributed by atoms with E-state index in [1.54, 1.807) is 14.2 Å². The Morgan fingerprint density at radius 2 is 2.00 bits per heavy atom. The van der Waals surface area contributed by atoms with Crippen LogP contribution in [-0.2, 0) is 11.3 Å². The Hall–Kier alpha value is -1.55. The molecule has 0 aliphatic carbocycles. The first kappa shape index (κ1) is 13.9. The number of carbonyl (C=O) groups is 1. The molecule has 104 valence electrons. The number of hydrogen-bond acceptors (Lipinski definition) is 4. The molecule has 1 fully saturated rings. The van der Waals surface area contributed by atoms with Crippen LogP contribution in [0, 0.1) is 5.92 Å². The first-order valence-electron chi connectivity index (χ1n) is 6.60. The number of rotatable bonds is 4. The number of ketones is 1. The van der Waals surface area contributed by atoms with E-state index >= 15 is 0 Å². The van der Waals surface area contributed by atoms with Crippen LogP contribution in [0.1, 0.15) is 18.9 Å². The summed E-state index contributed by atoms with van der Waals surface area (Å²) in [6.45, 7) is 4.53. The molecule has 0 saturated carbocycles. The van der Waals surface area contributed by atoms with Gasteiger partial charge in [-0.2, -0.15) is 0 Å². The molecule has 1 aliphatic rings. The molecular weight excluding hydrogens is 242 g/mol. The number of nitrogens with zero attached hydrogens (tertiary/aromatic N) is 1. The molecule has 2 rings (SSSR count). The summed E-state index contributed by atoms with van der Waals surface area (Å²) in [4.78, 5) is 13.8. The van der Waals surface area contributed by atoms with E-state index in [0.717, 1.165) is 31.1 Å². The fraction of sp³-hybridized carbons (Fsp3) is 0.533. The Morgan fingerprint density at radius 1 is 1.26 bits per heavy atom. The SMILES string of the molecule is COc1ccc(CN2CCC(=O)C(C)C2)cc1OC. The van der Waals surface area contributed by atoms with Gasteiger partial charge < -0.3 is 9.47 Å². The third-order valence-corrected chi connectivity index (χ3v) is 3.61. The highest BCUT2D eigenvalue weighted by molar-refractivity contribution is 5.81. The fourth-order valence-electron chi connectivity index (χ4n) is 2.48. The van der Waals surface area contributed by atoms with Gasteiger partial charge in [0.1, 0.15) is 5.78 Å². The Kier molecular flexibility index (Phi) is 4.43. The third kappa shape index (κ3) is 3.26. The first-order valence-corrected chi connectivity index (χ1v) is 6.60. The predicted molar refractivity (Wildman–Crippen MR) is 73.6 cm³/mol. The van der Waals surface area contributed by atoms with E-state index in [-0.39, 0.29) is 5.92 Å². The van der Waals surface area contributed by atoms with Crippen LogP contribution in [0.4, 0.5) is 0 Å². The molecule has 0 spiro atoms. The second-order valence-corrected chi connectivity index (χ2v) is 5.04. The van der Waals surface area contributed by atoms with E-state index in [4.69, 9.17) is 9.47 Å². The largest absolute Gasteiger partial charge is 0.493 e. The Morgan fingerprint density at radius 3 is 2.63 bits per heavy atom. The van der Waals surface area contributed by atoms with Crippen LogP contribution in [0.15, 0.2) is 18.2 Å². The maximum absolute atomic E-state index is 11.5. The summed E-state index contributed by atoms with van der Waals surface area (Å²) in [7, 11) is 3.28. The van der Waals surface area contributed by atoms with Gasteiger partial charge in [0.25, 0.3) is 0 Å². The zero-order chi connectivity index (χ0) is 13.8. The predicted octanol–water partition coefficient (Wildman–Crippen LogP) is 2.11. The number of likely N-dealkylation sites (tertiary alicyclic amines) is 1. The molecule has 1 unspecified atom stereocenters. The molecule has 1 aliphatic heterocycles. The van der Waals surface area contributed by atoms with Crippen molar-refractivity contribution in [3.05, 3.63) is 23.8 Å².